The first-order chi connectivity index (χ1) is 51.5. The van der Waals surface area contributed by atoms with Gasteiger partial charge in [-0.3, -0.25) is 4.79 Å². The molecule has 0 radical (unpaired) electrons. The summed E-state index contributed by atoms with van der Waals surface area (Å²) in [6.07, 6.45) is 7.42. The van der Waals surface area contributed by atoms with Gasteiger partial charge in [0.05, 0.1) is 76.1 Å². The van der Waals surface area contributed by atoms with Crippen molar-refractivity contribution >= 4 is 263 Å². The van der Waals surface area contributed by atoms with Gasteiger partial charge in [-0.2, -0.15) is 4.39 Å². The third-order valence-corrected chi connectivity index (χ3v) is 19.3. The van der Waals surface area contributed by atoms with E-state index < -0.39 is 23.9 Å². The summed E-state index contributed by atoms with van der Waals surface area (Å²) in [7, 11) is 5.54. The zero-order valence-electron chi connectivity index (χ0n) is 56.5. The van der Waals surface area contributed by atoms with Gasteiger partial charge in [0.1, 0.15) is 66.5 Å². The molecule has 15 aromatic rings. The van der Waals surface area contributed by atoms with E-state index in [9.17, 15) is 33.5 Å². The lowest BCUT2D eigenvalue weighted by molar-refractivity contribution is -0.255. The van der Waals surface area contributed by atoms with Gasteiger partial charge in [0.15, 0.2) is 57.0 Å². The van der Waals surface area contributed by atoms with Gasteiger partial charge < -0.3 is 90.9 Å². The number of nitrogens with zero attached hydrogens (tertiary/aromatic N) is 15. The molecule has 0 aliphatic heterocycles. The lowest BCUT2D eigenvalue weighted by Gasteiger charge is -1.98. The van der Waals surface area contributed by atoms with E-state index in [0.717, 1.165) is 85.6 Å². The van der Waals surface area contributed by atoms with Crippen molar-refractivity contribution in [3.8, 4) is 5.88 Å². The van der Waals surface area contributed by atoms with Gasteiger partial charge >= 0.3 is 23.9 Å². The molecule has 0 saturated carbocycles. The number of nitrogen functional groups attached to an aromatic ring is 10. The molecule has 0 aromatic carbocycles. The highest BCUT2D eigenvalue weighted by Crippen LogP contribution is 2.29. The summed E-state index contributed by atoms with van der Waals surface area (Å²) < 4.78 is 36.3. The van der Waals surface area contributed by atoms with Crippen LogP contribution >= 0.6 is 130 Å². The van der Waals surface area contributed by atoms with Gasteiger partial charge in [0, 0.05) is 41.1 Å². The number of hydrogen-bond acceptors (Lipinski definition) is 45. The van der Waals surface area contributed by atoms with Crippen LogP contribution in [0.5, 0.6) is 5.88 Å². The number of aromatic carboxylic acids is 1. The van der Waals surface area contributed by atoms with E-state index in [4.69, 9.17) is 78.4 Å². The van der Waals surface area contributed by atoms with Gasteiger partial charge in [0.2, 0.25) is 5.88 Å². The van der Waals surface area contributed by atoms with Crippen LogP contribution in [0, 0.1) is 12.1 Å². The Morgan fingerprint density at radius 1 is 0.500 bits per heavy atom. The lowest BCUT2D eigenvalue weighted by atomic mass is 10.3. The molecule has 0 bridgehead atoms. The number of carboxylic acids is 1. The monoisotopic (exact) mass is 1730 g/mol. The zero-order valence-corrected chi connectivity index (χ0v) is 66.2. The molecule has 0 saturated heterocycles. The largest absolute Gasteiger partial charge is 0.543 e. The van der Waals surface area contributed by atoms with Gasteiger partial charge in [-0.25, -0.2) is 89.1 Å². The molecule has 0 amide bonds. The molecular weight excluding hydrogens is 1670 g/mol. The molecule has 0 aliphatic carbocycles. The number of rotatable bonds is 8. The van der Waals surface area contributed by atoms with Crippen LogP contribution in [0.15, 0.2) is 108 Å². The molecule has 15 rings (SSSR count). The number of thiazole rings is 9. The number of halogens is 3. The molecule has 0 spiro atoms. The Labute approximate surface area is 658 Å². The second-order valence-electron chi connectivity index (χ2n) is 19.1. The van der Waals surface area contributed by atoms with Crippen LogP contribution in [-0.4, -0.2) is 140 Å². The zero-order chi connectivity index (χ0) is 79.1. The van der Waals surface area contributed by atoms with E-state index >= 15 is 0 Å². The fraction of sp³-hybridized carbons (Fsp3) is 0.133. The first kappa shape index (κ1) is 85.6. The fourth-order valence-corrected chi connectivity index (χ4v) is 13.5. The van der Waals surface area contributed by atoms with E-state index in [1.807, 2.05) is 35.7 Å². The van der Waals surface area contributed by atoms with Crippen molar-refractivity contribution in [2.24, 2.45) is 0 Å². The van der Waals surface area contributed by atoms with Gasteiger partial charge in [0.25, 0.3) is 0 Å². The van der Waals surface area contributed by atoms with E-state index in [1.165, 1.54) is 108 Å². The molecule has 108 heavy (non-hydrogen) atoms. The third kappa shape index (κ3) is 27.9. The van der Waals surface area contributed by atoms with Crippen molar-refractivity contribution in [2.45, 2.75) is 20.3 Å². The minimum Gasteiger partial charge on any atom is -0.543 e. The van der Waals surface area contributed by atoms with Gasteiger partial charge in [-0.05, 0) is 90.4 Å². The quantitative estimate of drug-likeness (QED) is 0.0384. The Morgan fingerprint density at radius 3 is 1.49 bits per heavy atom. The summed E-state index contributed by atoms with van der Waals surface area (Å²) in [5.74, 6) is -1.92. The number of aromatic nitrogens is 15. The van der Waals surface area contributed by atoms with Crippen molar-refractivity contribution in [3.63, 3.8) is 0 Å². The normalized spacial score (nSPS) is 10.0. The summed E-state index contributed by atoms with van der Waals surface area (Å²) in [5.41, 5.74) is 59.0. The Balaban J connectivity index is 0.000000189. The average Bonchev–Trinajstić information content (AvgIpc) is 1.69. The SMILES string of the molecule is CCOC(=O)Cc1nc(N)sc1Cl.COC(=O)c1ccc(N)nc1.COC(=O)c1cnc2sc(N)nc2c1.COC(=O)c1nc(N)sc1C.COc1ccc2nc(N)sc2n1.Nc1nc2ccc(Br)nc2s1.Nc1nc2ccc(C(=O)[O-])nc2s1.Nc1nc2cccnc2s1.Nc1ncc(F)s1.Nc1nccs1. The van der Waals surface area contributed by atoms with Crippen LogP contribution in [0.3, 0.4) is 0 Å². The second-order valence-corrected chi connectivity index (χ2v) is 29.8. The van der Waals surface area contributed by atoms with E-state index in [2.05, 4.69) is 105 Å². The Bertz CT molecular complexity index is 5380. The maximum atomic E-state index is 11.8. The summed E-state index contributed by atoms with van der Waals surface area (Å²) in [4.78, 5) is 118. The van der Waals surface area contributed by atoms with E-state index in [0.29, 0.717) is 102 Å². The van der Waals surface area contributed by atoms with Crippen molar-refractivity contribution in [1.29, 1.82) is 0 Å². The number of carbonyl (C=O) groups excluding carboxylic acids is 5. The molecule has 566 valence electrons. The number of carboxylic acid groups (broad SMARTS) is 1. The predicted octanol–water partition coefficient (Wildman–Crippen LogP) is 9.63. The maximum absolute atomic E-state index is 11.8. The highest BCUT2D eigenvalue weighted by molar-refractivity contribution is 9.10. The number of hydrogen-bond donors (Lipinski definition) is 10. The summed E-state index contributed by atoms with van der Waals surface area (Å²) >= 11 is 20.3. The van der Waals surface area contributed by atoms with Crippen molar-refractivity contribution in [2.75, 3.05) is 92.4 Å². The average molecular weight is 1730 g/mol. The standard InChI is InChI=1S/C8H7N3O2S.C7H9ClN2O2S.C7H5N3O2S.C7H7N3OS.C7H8N2O2.C6H4BrN3S.C6H5N3S.C6H8N2O2S.C3H3FN2S.C3H4N2S/c1-13-7(12)4-2-5-6(10-3-4)14-8(9)11-5;1-2-12-5(11)3-4-6(8)13-7(9)10-4;8-7-10-3-1-2-4(6(11)12)9-5(3)13-7;1-11-5-3-2-4-6(10-5)12-7(8)9-4;1-11-7(10)5-2-3-6(8)9-4-5;7-4-2-1-3-5(10-4)11-6(8)9-3;7-6-9-4-2-1-3-8-5(4)10-6;1-3-4(5(9)10-2)8-6(7)11-3;4-2-1-6-3(5)7-2;4-3-5-1-2-6-3/h2-3H,1H3,(H2,9,11);2-3H2,1H3,(H2,9,10);1-2H,(H2,8,10)(H,11,12);2-3H,1H3,(H2,8,9);2-4H,1H3,(H2,8,9);1-2H,(H2,8,9);1-3H,(H2,7,9);1-2H3,(H2,7,8);1H,(H2,5,6);1-2H,(H2,4,5)/p-1. The summed E-state index contributed by atoms with van der Waals surface area (Å²) in [6.45, 7) is 3.88. The number of pyridine rings is 6. The van der Waals surface area contributed by atoms with Gasteiger partial charge in [-0.1, -0.05) is 91.0 Å². The maximum Gasteiger partial charge on any atom is 0.357 e. The van der Waals surface area contributed by atoms with Crippen molar-refractivity contribution in [1.82, 2.24) is 74.8 Å². The smallest absolute Gasteiger partial charge is 0.357 e. The molecule has 0 aliphatic rings. The molecule has 15 aromatic heterocycles. The third-order valence-electron chi connectivity index (χ3n) is 11.7. The molecule has 20 N–H and O–H groups in total. The van der Waals surface area contributed by atoms with E-state index in [1.54, 1.807) is 63.7 Å². The van der Waals surface area contributed by atoms with Gasteiger partial charge in [-0.15, -0.1) is 22.7 Å². The molecule has 48 heteroatoms. The molecule has 36 nitrogen and oxygen atoms in total. The van der Waals surface area contributed by atoms with Crippen LogP contribution in [0.1, 0.15) is 59.2 Å². The Kier molecular flexibility index (Phi) is 33.9. The van der Waals surface area contributed by atoms with Crippen LogP contribution in [-0.2, 0) is 30.2 Å². The van der Waals surface area contributed by atoms with Crippen LogP contribution in [0.4, 0.5) is 56.4 Å². The summed E-state index contributed by atoms with van der Waals surface area (Å²) in [6, 6.07) is 18.7. The molecule has 0 fully saturated rings. The minimum atomic E-state index is -1.30. The number of carbonyl (C=O) groups is 5. The first-order valence-electron chi connectivity index (χ1n) is 29.2. The second kappa shape index (κ2) is 42.8. The van der Waals surface area contributed by atoms with Crippen molar-refractivity contribution in [3.05, 3.63) is 150 Å². The number of ether oxygens (including phenoxy) is 5. The van der Waals surface area contributed by atoms with Crippen LogP contribution < -0.4 is 67.2 Å². The number of esters is 4. The number of aryl methyl sites for hydroxylation is 1. The molecular formula is C60H59BrClFN25O11S9-. The molecule has 15 heterocycles. The molecule has 0 atom stereocenters. The fourth-order valence-electron chi connectivity index (χ4n) is 7.20. The van der Waals surface area contributed by atoms with Crippen molar-refractivity contribution < 1.29 is 57.2 Å². The minimum absolute atomic E-state index is 0.0837. The number of nitrogens with two attached hydrogens (primary N) is 10. The number of fused-ring (bicyclic) bond motifs is 5. The Hall–Kier alpha value is -11.3. The lowest BCUT2D eigenvalue weighted by Crippen LogP contribution is -2.23. The number of anilines is 10. The Morgan fingerprint density at radius 2 is 1.03 bits per heavy atom. The highest BCUT2D eigenvalue weighted by atomic mass is 79.9. The van der Waals surface area contributed by atoms with E-state index in [-0.39, 0.29) is 28.3 Å². The summed E-state index contributed by atoms with van der Waals surface area (Å²) in [5, 5.41) is 16.1. The highest BCUT2D eigenvalue weighted by Gasteiger charge is 2.16. The van der Waals surface area contributed by atoms with Crippen LogP contribution in [0.2, 0.25) is 4.34 Å². The predicted molar refractivity (Wildman–Crippen MR) is 427 cm³/mol. The number of methoxy groups -OCH3 is 4. The topological polar surface area (TPSA) is 608 Å². The molecule has 0 unspecified atom stereocenters. The first-order valence-corrected chi connectivity index (χ1v) is 37.8. The van der Waals surface area contributed by atoms with Crippen LogP contribution in [0.25, 0.3) is 51.7 Å².